The van der Waals surface area contributed by atoms with E-state index < -0.39 is 0 Å². The van der Waals surface area contributed by atoms with Gasteiger partial charge in [0.05, 0.1) is 5.69 Å². The van der Waals surface area contributed by atoms with Crippen LogP contribution >= 0.6 is 22.7 Å². The summed E-state index contributed by atoms with van der Waals surface area (Å²) in [6.45, 7) is 12.4. The van der Waals surface area contributed by atoms with E-state index in [1.165, 1.54) is 25.5 Å². The first-order chi connectivity index (χ1) is 12.4. The lowest BCUT2D eigenvalue weighted by molar-refractivity contribution is 0.613. The van der Waals surface area contributed by atoms with Gasteiger partial charge in [0.1, 0.15) is 0 Å². The van der Waals surface area contributed by atoms with Crippen LogP contribution in [0.15, 0.2) is 30.3 Å². The van der Waals surface area contributed by atoms with Crippen molar-refractivity contribution in [2.45, 2.75) is 53.4 Å². The summed E-state index contributed by atoms with van der Waals surface area (Å²) >= 11 is 3.76. The number of hydrogen-bond acceptors (Lipinski definition) is 4. The fraction of sp³-hybridized carbons (Fsp3) is 0.500. The monoisotopic (exact) mass is 386 g/mol. The summed E-state index contributed by atoms with van der Waals surface area (Å²) in [5, 5.41) is 6.05. The largest absolute Gasteiger partial charge is 0.361 e. The van der Waals surface area contributed by atoms with Crippen LogP contribution in [0.4, 0.5) is 5.13 Å². The molecule has 0 spiro atoms. The fourth-order valence-corrected chi connectivity index (χ4v) is 5.45. The van der Waals surface area contributed by atoms with Crippen LogP contribution in [0, 0.1) is 11.8 Å². The van der Waals surface area contributed by atoms with E-state index in [1.54, 1.807) is 0 Å². The molecule has 0 aliphatic rings. The molecule has 0 saturated carbocycles. The molecule has 140 valence electrons. The minimum atomic E-state index is 0.485. The number of anilines is 1. The highest BCUT2D eigenvalue weighted by atomic mass is 32.1. The third-order valence-electron chi connectivity index (χ3n) is 4.46. The van der Waals surface area contributed by atoms with Gasteiger partial charge in [0, 0.05) is 26.9 Å². The van der Waals surface area contributed by atoms with Crippen LogP contribution in [0.2, 0.25) is 0 Å². The predicted molar refractivity (Wildman–Crippen MR) is 118 cm³/mol. The standard InChI is InChI=1S/C22H30N2S2/c1-14(2)10-18-21(11-15(3)4)26-22(24-18)23-13-16(5)20-12-17-8-6-7-9-19(17)25-20/h6-9,12,14-16H,10-11,13H2,1-5H3,(H,23,24). The number of nitrogens with one attached hydrogen (secondary N) is 1. The van der Waals surface area contributed by atoms with Gasteiger partial charge in [-0.15, -0.1) is 22.7 Å². The Morgan fingerprint density at radius 3 is 2.38 bits per heavy atom. The lowest BCUT2D eigenvalue weighted by Gasteiger charge is -2.09. The highest BCUT2D eigenvalue weighted by Gasteiger charge is 2.15. The second-order valence-corrected chi connectivity index (χ2v) is 10.3. The molecule has 0 bridgehead atoms. The van der Waals surface area contributed by atoms with Crippen molar-refractivity contribution in [2.24, 2.45) is 11.8 Å². The number of thiophene rings is 1. The summed E-state index contributed by atoms with van der Waals surface area (Å²) < 4.78 is 1.38. The Labute approximate surface area is 165 Å². The Morgan fingerprint density at radius 1 is 0.962 bits per heavy atom. The molecular weight excluding hydrogens is 356 g/mol. The molecule has 0 saturated heterocycles. The second-order valence-electron chi connectivity index (χ2n) is 8.05. The quantitative estimate of drug-likeness (QED) is 0.452. The van der Waals surface area contributed by atoms with E-state index in [0.29, 0.717) is 17.8 Å². The second kappa shape index (κ2) is 8.53. The number of rotatable bonds is 8. The number of fused-ring (bicyclic) bond motifs is 1. The van der Waals surface area contributed by atoms with Crippen molar-refractivity contribution in [1.29, 1.82) is 0 Å². The van der Waals surface area contributed by atoms with Crippen molar-refractivity contribution in [1.82, 2.24) is 4.98 Å². The van der Waals surface area contributed by atoms with Gasteiger partial charge in [0.25, 0.3) is 0 Å². The maximum absolute atomic E-state index is 4.92. The highest BCUT2D eigenvalue weighted by molar-refractivity contribution is 7.19. The average molecular weight is 387 g/mol. The lowest BCUT2D eigenvalue weighted by Crippen LogP contribution is -2.08. The molecular formula is C22H30N2S2. The number of benzene rings is 1. The third kappa shape index (κ3) is 4.86. The van der Waals surface area contributed by atoms with Gasteiger partial charge in [0.15, 0.2) is 5.13 Å². The van der Waals surface area contributed by atoms with E-state index in [-0.39, 0.29) is 0 Å². The van der Waals surface area contributed by atoms with Crippen LogP contribution in [-0.4, -0.2) is 11.5 Å². The molecule has 26 heavy (non-hydrogen) atoms. The summed E-state index contributed by atoms with van der Waals surface area (Å²) in [5.74, 6) is 1.80. The zero-order valence-electron chi connectivity index (χ0n) is 16.5. The minimum absolute atomic E-state index is 0.485. The first-order valence-corrected chi connectivity index (χ1v) is 11.3. The van der Waals surface area contributed by atoms with Gasteiger partial charge >= 0.3 is 0 Å². The number of aromatic nitrogens is 1. The van der Waals surface area contributed by atoms with Crippen molar-refractivity contribution in [3.8, 4) is 0 Å². The molecule has 2 aromatic heterocycles. The van der Waals surface area contributed by atoms with Crippen LogP contribution in [-0.2, 0) is 12.8 Å². The van der Waals surface area contributed by atoms with Crippen molar-refractivity contribution >= 4 is 37.9 Å². The lowest BCUT2D eigenvalue weighted by atomic mass is 10.0. The van der Waals surface area contributed by atoms with Gasteiger partial charge in [-0.05, 0) is 42.2 Å². The van der Waals surface area contributed by atoms with E-state index in [4.69, 9.17) is 4.98 Å². The van der Waals surface area contributed by atoms with E-state index in [2.05, 4.69) is 70.3 Å². The Hall–Kier alpha value is -1.39. The molecule has 1 unspecified atom stereocenters. The van der Waals surface area contributed by atoms with Gasteiger partial charge in [-0.3, -0.25) is 0 Å². The van der Waals surface area contributed by atoms with E-state index in [0.717, 1.165) is 24.5 Å². The first-order valence-electron chi connectivity index (χ1n) is 9.63. The summed E-state index contributed by atoms with van der Waals surface area (Å²) in [4.78, 5) is 7.83. The molecule has 4 heteroatoms. The van der Waals surface area contributed by atoms with Crippen molar-refractivity contribution in [2.75, 3.05) is 11.9 Å². The molecule has 1 aromatic carbocycles. The maximum Gasteiger partial charge on any atom is 0.183 e. The Morgan fingerprint density at radius 2 is 1.69 bits per heavy atom. The average Bonchev–Trinajstić information content (AvgIpc) is 3.16. The molecule has 1 N–H and O–H groups in total. The van der Waals surface area contributed by atoms with Crippen LogP contribution in [0.25, 0.3) is 10.1 Å². The van der Waals surface area contributed by atoms with Crippen LogP contribution < -0.4 is 5.32 Å². The summed E-state index contributed by atoms with van der Waals surface area (Å²) in [6.07, 6.45) is 2.21. The number of thiazole rings is 1. The van der Waals surface area contributed by atoms with Crippen molar-refractivity contribution < 1.29 is 0 Å². The van der Waals surface area contributed by atoms with E-state index in [1.807, 2.05) is 22.7 Å². The molecule has 0 aliphatic carbocycles. The summed E-state index contributed by atoms with van der Waals surface area (Å²) in [6, 6.07) is 11.0. The van der Waals surface area contributed by atoms with E-state index in [9.17, 15) is 0 Å². The molecule has 0 aliphatic heterocycles. The maximum atomic E-state index is 4.92. The number of nitrogens with zero attached hydrogens (tertiary/aromatic N) is 1. The Balaban J connectivity index is 1.68. The van der Waals surface area contributed by atoms with Gasteiger partial charge in [-0.2, -0.15) is 0 Å². The molecule has 2 heterocycles. The fourth-order valence-electron chi connectivity index (χ4n) is 3.12. The topological polar surface area (TPSA) is 24.9 Å². The molecule has 0 fully saturated rings. The first kappa shape index (κ1) is 19.4. The zero-order chi connectivity index (χ0) is 18.7. The molecule has 2 nitrogen and oxygen atoms in total. The molecule has 0 radical (unpaired) electrons. The van der Waals surface area contributed by atoms with Crippen LogP contribution in [0.3, 0.4) is 0 Å². The summed E-state index contributed by atoms with van der Waals surface area (Å²) in [7, 11) is 0. The molecule has 3 rings (SSSR count). The van der Waals surface area contributed by atoms with E-state index >= 15 is 0 Å². The van der Waals surface area contributed by atoms with Gasteiger partial charge in [-0.1, -0.05) is 52.8 Å². The molecule has 3 aromatic rings. The van der Waals surface area contributed by atoms with Crippen LogP contribution in [0.5, 0.6) is 0 Å². The molecule has 1 atom stereocenters. The third-order valence-corrected chi connectivity index (χ3v) is 6.89. The van der Waals surface area contributed by atoms with Gasteiger partial charge in [0.2, 0.25) is 0 Å². The smallest absolute Gasteiger partial charge is 0.183 e. The number of hydrogen-bond donors (Lipinski definition) is 1. The summed E-state index contributed by atoms with van der Waals surface area (Å²) in [5.41, 5.74) is 1.30. The molecule has 0 amide bonds. The van der Waals surface area contributed by atoms with Gasteiger partial charge in [-0.25, -0.2) is 4.98 Å². The SMILES string of the molecule is CC(C)Cc1nc(NCC(C)c2cc3ccccc3s2)sc1CC(C)C. The van der Waals surface area contributed by atoms with Crippen molar-refractivity contribution in [3.05, 3.63) is 45.8 Å². The van der Waals surface area contributed by atoms with Crippen molar-refractivity contribution in [3.63, 3.8) is 0 Å². The zero-order valence-corrected chi connectivity index (χ0v) is 18.1. The van der Waals surface area contributed by atoms with Gasteiger partial charge < -0.3 is 5.32 Å². The Kier molecular flexibility index (Phi) is 6.36. The Bertz CT molecular complexity index is 784. The highest BCUT2D eigenvalue weighted by Crippen LogP contribution is 2.32. The minimum Gasteiger partial charge on any atom is -0.361 e. The predicted octanol–water partition coefficient (Wildman–Crippen LogP) is 6.97. The van der Waals surface area contributed by atoms with Crippen LogP contribution in [0.1, 0.15) is 56.0 Å². The normalized spacial score (nSPS) is 13.0.